The molecule has 0 aromatic heterocycles. The highest BCUT2D eigenvalue weighted by molar-refractivity contribution is 7.45. The molecule has 8 nitrogen and oxygen atoms in total. The van der Waals surface area contributed by atoms with Crippen molar-refractivity contribution < 1.29 is 33.9 Å². The molecular formula is C5H12NO7P. The average Bonchev–Trinajstić information content (AvgIpc) is 1.80. The zero-order valence-corrected chi connectivity index (χ0v) is 8.05. The molecule has 0 aliphatic carbocycles. The van der Waals surface area contributed by atoms with Crippen LogP contribution in [0.1, 0.15) is 19.3 Å². The van der Waals surface area contributed by atoms with E-state index in [9.17, 15) is 9.59 Å². The molecule has 0 radical (unpaired) electrons. The molecule has 0 aliphatic heterocycles. The van der Waals surface area contributed by atoms with E-state index in [4.69, 9.17) is 30.1 Å². The number of rotatable bonds is 4. The van der Waals surface area contributed by atoms with Crippen LogP contribution in [0.3, 0.4) is 0 Å². The van der Waals surface area contributed by atoms with Crippen molar-refractivity contribution in [1.29, 1.82) is 0 Å². The lowest BCUT2D eigenvalue weighted by Gasteiger charge is -1.89. The zero-order chi connectivity index (χ0) is 11.8. The minimum absolute atomic E-state index is 0.0168. The van der Waals surface area contributed by atoms with E-state index < -0.39 is 19.7 Å². The van der Waals surface area contributed by atoms with Crippen molar-refractivity contribution in [3.05, 3.63) is 0 Å². The van der Waals surface area contributed by atoms with Gasteiger partial charge in [0, 0.05) is 12.8 Å². The zero-order valence-electron chi connectivity index (χ0n) is 7.16. The fraction of sp³-hybridized carbons (Fsp3) is 0.600. The number of hydrogen-bond acceptors (Lipinski definition) is 3. The monoisotopic (exact) mass is 229 g/mol. The van der Waals surface area contributed by atoms with Gasteiger partial charge < -0.3 is 25.5 Å². The SMILES string of the molecule is NC(=O)CCCC(=O)O.O=P(O)(O)O. The van der Waals surface area contributed by atoms with Gasteiger partial charge in [0.15, 0.2) is 0 Å². The number of primary amides is 1. The Morgan fingerprint density at radius 3 is 1.71 bits per heavy atom. The molecule has 0 saturated carbocycles. The van der Waals surface area contributed by atoms with Gasteiger partial charge in [-0.15, -0.1) is 0 Å². The van der Waals surface area contributed by atoms with Gasteiger partial charge in [0.2, 0.25) is 5.91 Å². The van der Waals surface area contributed by atoms with Gasteiger partial charge in [-0.1, -0.05) is 0 Å². The molecule has 0 aromatic rings. The second kappa shape index (κ2) is 7.45. The third-order valence-electron chi connectivity index (χ3n) is 0.814. The number of hydrogen-bond donors (Lipinski definition) is 5. The van der Waals surface area contributed by atoms with Crippen LogP contribution in [-0.2, 0) is 14.2 Å². The first kappa shape index (κ1) is 15.5. The number of carboxylic acids is 1. The fourth-order valence-corrected chi connectivity index (χ4v) is 0.414. The first-order chi connectivity index (χ1) is 6.13. The third-order valence-corrected chi connectivity index (χ3v) is 0.814. The normalized spacial score (nSPS) is 9.93. The molecule has 0 aromatic carbocycles. The van der Waals surface area contributed by atoms with Gasteiger partial charge in [0.05, 0.1) is 0 Å². The maximum absolute atomic E-state index is 10.0. The summed E-state index contributed by atoms with van der Waals surface area (Å²) in [6, 6.07) is 0. The molecule has 0 atom stereocenters. The molecule has 0 fully saturated rings. The van der Waals surface area contributed by atoms with E-state index in [1.54, 1.807) is 0 Å². The highest BCUT2D eigenvalue weighted by Crippen LogP contribution is 2.25. The van der Waals surface area contributed by atoms with Crippen molar-refractivity contribution in [2.75, 3.05) is 0 Å². The number of phosphoric acid groups is 1. The van der Waals surface area contributed by atoms with Crippen molar-refractivity contribution in [1.82, 2.24) is 0 Å². The quantitative estimate of drug-likeness (QED) is 0.378. The number of carbonyl (C=O) groups excluding carboxylic acids is 1. The minimum Gasteiger partial charge on any atom is -0.481 e. The molecule has 0 aliphatic rings. The van der Waals surface area contributed by atoms with E-state index >= 15 is 0 Å². The second-order valence-electron chi connectivity index (χ2n) is 2.23. The van der Waals surface area contributed by atoms with Crippen LogP contribution in [0.15, 0.2) is 0 Å². The van der Waals surface area contributed by atoms with Crippen LogP contribution in [0.2, 0.25) is 0 Å². The summed E-state index contributed by atoms with van der Waals surface area (Å²) >= 11 is 0. The molecule has 0 saturated heterocycles. The Hall–Kier alpha value is -0.950. The van der Waals surface area contributed by atoms with Crippen molar-refractivity contribution >= 4 is 19.7 Å². The van der Waals surface area contributed by atoms with E-state index in [-0.39, 0.29) is 12.8 Å². The van der Waals surface area contributed by atoms with Gasteiger partial charge in [0.25, 0.3) is 0 Å². The lowest BCUT2D eigenvalue weighted by molar-refractivity contribution is -0.137. The first-order valence-corrected chi connectivity index (χ1v) is 4.98. The van der Waals surface area contributed by atoms with Gasteiger partial charge in [-0.05, 0) is 6.42 Å². The summed E-state index contributed by atoms with van der Waals surface area (Å²) in [6.45, 7) is 0. The Balaban J connectivity index is 0. The summed E-state index contributed by atoms with van der Waals surface area (Å²) in [5, 5.41) is 8.07. The third kappa shape index (κ3) is 43.8. The molecule has 0 rings (SSSR count). The number of aliphatic carboxylic acids is 1. The summed E-state index contributed by atoms with van der Waals surface area (Å²) in [5.74, 6) is -1.34. The molecule has 84 valence electrons. The topological polar surface area (TPSA) is 158 Å². The molecule has 14 heavy (non-hydrogen) atoms. The minimum atomic E-state index is -4.64. The van der Waals surface area contributed by atoms with E-state index in [2.05, 4.69) is 0 Å². The van der Waals surface area contributed by atoms with E-state index in [0.29, 0.717) is 6.42 Å². The van der Waals surface area contributed by atoms with Crippen LogP contribution < -0.4 is 5.73 Å². The summed E-state index contributed by atoms with van der Waals surface area (Å²) in [4.78, 5) is 41.4. The van der Waals surface area contributed by atoms with Crippen LogP contribution >= 0.6 is 7.82 Å². The Labute approximate surface area is 79.6 Å². The molecule has 0 bridgehead atoms. The van der Waals surface area contributed by atoms with E-state index in [1.807, 2.05) is 0 Å². The second-order valence-corrected chi connectivity index (χ2v) is 3.25. The smallest absolute Gasteiger partial charge is 0.466 e. The standard InChI is InChI=1S/C5H9NO3.H3O4P/c6-4(7)2-1-3-5(8)9;1-5(2,3)4/h1-3H2,(H2,6,7)(H,8,9);(H3,1,2,3,4). The van der Waals surface area contributed by atoms with Gasteiger partial charge in [0.1, 0.15) is 0 Å². The largest absolute Gasteiger partial charge is 0.481 e. The van der Waals surface area contributed by atoms with Crippen molar-refractivity contribution in [3.63, 3.8) is 0 Å². The Bertz CT molecular complexity index is 212. The maximum atomic E-state index is 10.0. The molecule has 9 heteroatoms. The molecule has 6 N–H and O–H groups in total. The van der Waals surface area contributed by atoms with Crippen molar-refractivity contribution in [2.45, 2.75) is 19.3 Å². The highest BCUT2D eigenvalue weighted by Gasteiger charge is 2.00. The number of carbonyl (C=O) groups is 2. The van der Waals surface area contributed by atoms with Crippen LogP contribution in [-0.4, -0.2) is 31.7 Å². The maximum Gasteiger partial charge on any atom is 0.466 e. The summed E-state index contributed by atoms with van der Waals surface area (Å²) < 4.78 is 8.88. The van der Waals surface area contributed by atoms with E-state index in [0.717, 1.165) is 0 Å². The lowest BCUT2D eigenvalue weighted by atomic mass is 10.2. The summed E-state index contributed by atoms with van der Waals surface area (Å²) in [6.07, 6.45) is 0.514. The van der Waals surface area contributed by atoms with Gasteiger partial charge in [-0.25, -0.2) is 4.57 Å². The predicted molar refractivity (Wildman–Crippen MR) is 44.9 cm³/mol. The molecule has 0 spiro atoms. The van der Waals surface area contributed by atoms with Gasteiger partial charge >= 0.3 is 13.8 Å². The number of carboxylic acid groups (broad SMARTS) is 1. The van der Waals surface area contributed by atoms with Crippen molar-refractivity contribution in [2.24, 2.45) is 5.73 Å². The van der Waals surface area contributed by atoms with Crippen LogP contribution in [0.25, 0.3) is 0 Å². The molecular weight excluding hydrogens is 217 g/mol. The highest BCUT2D eigenvalue weighted by atomic mass is 31.2. The lowest BCUT2D eigenvalue weighted by Crippen LogP contribution is -2.10. The van der Waals surface area contributed by atoms with Gasteiger partial charge in [-0.2, -0.15) is 0 Å². The van der Waals surface area contributed by atoms with Crippen molar-refractivity contribution in [3.8, 4) is 0 Å². The molecule has 0 heterocycles. The Morgan fingerprint density at radius 1 is 1.14 bits per heavy atom. The van der Waals surface area contributed by atoms with Gasteiger partial charge in [-0.3, -0.25) is 9.59 Å². The number of nitrogens with two attached hydrogens (primary N) is 1. The van der Waals surface area contributed by atoms with Crippen LogP contribution in [0, 0.1) is 0 Å². The summed E-state index contributed by atoms with van der Waals surface area (Å²) in [5.41, 5.74) is 4.75. The average molecular weight is 229 g/mol. The van der Waals surface area contributed by atoms with E-state index in [1.165, 1.54) is 0 Å². The Kier molecular flexibility index (Phi) is 8.26. The fourth-order valence-electron chi connectivity index (χ4n) is 0.414. The molecule has 1 amide bonds. The number of amides is 1. The Morgan fingerprint density at radius 2 is 1.50 bits per heavy atom. The molecule has 0 unspecified atom stereocenters. The van der Waals surface area contributed by atoms with Crippen LogP contribution in [0.4, 0.5) is 0 Å². The van der Waals surface area contributed by atoms with Crippen LogP contribution in [0.5, 0.6) is 0 Å². The first-order valence-electron chi connectivity index (χ1n) is 3.41. The summed E-state index contributed by atoms with van der Waals surface area (Å²) in [7, 11) is -4.64. The predicted octanol–water partition coefficient (Wildman–Crippen LogP) is -1.20.